The van der Waals surface area contributed by atoms with Gasteiger partial charge in [-0.2, -0.15) is 5.10 Å². The van der Waals surface area contributed by atoms with E-state index in [1.54, 1.807) is 32.4 Å². The highest BCUT2D eigenvalue weighted by Gasteiger charge is 2.26. The zero-order chi connectivity index (χ0) is 21.1. The van der Waals surface area contributed by atoms with Crippen molar-refractivity contribution in [1.82, 2.24) is 14.7 Å². The van der Waals surface area contributed by atoms with E-state index >= 15 is 0 Å². The van der Waals surface area contributed by atoms with E-state index in [-0.39, 0.29) is 5.91 Å². The fourth-order valence-corrected chi connectivity index (χ4v) is 3.99. The lowest BCUT2D eigenvalue weighted by Crippen LogP contribution is -2.37. The van der Waals surface area contributed by atoms with Gasteiger partial charge in [0.15, 0.2) is 0 Å². The molecule has 2 aromatic carbocycles. The van der Waals surface area contributed by atoms with Crippen LogP contribution in [-0.4, -0.2) is 47.9 Å². The fraction of sp³-hybridized carbons (Fsp3) is 0.333. The second-order valence-electron chi connectivity index (χ2n) is 7.73. The summed E-state index contributed by atoms with van der Waals surface area (Å²) in [6.07, 6.45) is 5.92. The Labute approximate surface area is 177 Å². The Morgan fingerprint density at radius 1 is 1.03 bits per heavy atom. The van der Waals surface area contributed by atoms with E-state index < -0.39 is 0 Å². The Bertz CT molecular complexity index is 1010. The van der Waals surface area contributed by atoms with Crippen LogP contribution in [0.3, 0.4) is 0 Å². The van der Waals surface area contributed by atoms with Crippen molar-refractivity contribution in [2.45, 2.75) is 25.7 Å². The van der Waals surface area contributed by atoms with Gasteiger partial charge in [-0.05, 0) is 61.1 Å². The van der Waals surface area contributed by atoms with Gasteiger partial charge >= 0.3 is 0 Å². The van der Waals surface area contributed by atoms with Gasteiger partial charge in [0.1, 0.15) is 11.5 Å². The molecule has 1 saturated heterocycles. The number of benzene rings is 2. The number of aromatic nitrogens is 2. The molecule has 0 N–H and O–H groups in total. The first-order chi connectivity index (χ1) is 14.6. The Kier molecular flexibility index (Phi) is 5.74. The Morgan fingerprint density at radius 2 is 1.73 bits per heavy atom. The molecular weight excluding hydrogens is 378 g/mol. The molecule has 0 atom stereocenters. The maximum absolute atomic E-state index is 13.0. The molecule has 1 fully saturated rings. The first-order valence-electron chi connectivity index (χ1n) is 10.2. The predicted octanol–water partition coefficient (Wildman–Crippen LogP) is 4.22. The van der Waals surface area contributed by atoms with E-state index in [9.17, 15) is 4.79 Å². The average Bonchev–Trinajstić information content (AvgIpc) is 3.28. The van der Waals surface area contributed by atoms with E-state index in [0.29, 0.717) is 23.0 Å². The van der Waals surface area contributed by atoms with Crippen molar-refractivity contribution in [3.8, 4) is 17.2 Å². The van der Waals surface area contributed by atoms with Crippen molar-refractivity contribution in [2.75, 3.05) is 27.3 Å². The van der Waals surface area contributed by atoms with E-state index in [0.717, 1.165) is 31.6 Å². The van der Waals surface area contributed by atoms with Crippen molar-refractivity contribution < 1.29 is 14.3 Å². The number of methoxy groups -OCH3 is 2. The molecule has 1 aliphatic heterocycles. The molecule has 0 aliphatic carbocycles. The molecule has 6 nitrogen and oxygen atoms in total. The number of aryl methyl sites for hydroxylation is 1. The van der Waals surface area contributed by atoms with Crippen LogP contribution in [0.5, 0.6) is 11.5 Å². The summed E-state index contributed by atoms with van der Waals surface area (Å²) < 4.78 is 12.5. The normalized spacial score (nSPS) is 14.6. The van der Waals surface area contributed by atoms with E-state index in [1.165, 1.54) is 11.1 Å². The lowest BCUT2D eigenvalue weighted by Gasteiger charge is -2.31. The van der Waals surface area contributed by atoms with E-state index in [2.05, 4.69) is 36.4 Å². The third-order valence-corrected chi connectivity index (χ3v) is 5.72. The van der Waals surface area contributed by atoms with Gasteiger partial charge in [-0.1, -0.05) is 12.1 Å². The number of rotatable bonds is 5. The van der Waals surface area contributed by atoms with Crippen LogP contribution in [0.4, 0.5) is 0 Å². The highest BCUT2D eigenvalue weighted by Crippen LogP contribution is 2.30. The van der Waals surface area contributed by atoms with Gasteiger partial charge < -0.3 is 14.4 Å². The minimum atomic E-state index is 0.0149. The summed E-state index contributed by atoms with van der Waals surface area (Å²) in [5, 5.41) is 4.55. The molecule has 6 heteroatoms. The van der Waals surface area contributed by atoms with Crippen LogP contribution in [0.2, 0.25) is 0 Å². The van der Waals surface area contributed by atoms with Crippen LogP contribution < -0.4 is 9.47 Å². The summed E-state index contributed by atoms with van der Waals surface area (Å²) in [7, 11) is 3.18. The number of amides is 1. The van der Waals surface area contributed by atoms with Crippen molar-refractivity contribution >= 4 is 5.91 Å². The summed E-state index contributed by atoms with van der Waals surface area (Å²) in [6, 6.07) is 13.6. The van der Waals surface area contributed by atoms with Gasteiger partial charge in [-0.15, -0.1) is 0 Å². The highest BCUT2D eigenvalue weighted by atomic mass is 16.5. The second-order valence-corrected chi connectivity index (χ2v) is 7.73. The summed E-state index contributed by atoms with van der Waals surface area (Å²) >= 11 is 0. The standard InChI is InChI=1S/C24H27N3O3/c1-17-5-4-6-21(11-17)27-16-20(15-25-27)18-7-9-26(10-8-18)24(28)19-12-22(29-2)14-23(13-19)30-3/h4-6,11-16,18H,7-10H2,1-3H3. The Morgan fingerprint density at radius 3 is 2.37 bits per heavy atom. The van der Waals surface area contributed by atoms with Gasteiger partial charge in [0.05, 0.1) is 26.1 Å². The maximum atomic E-state index is 13.0. The molecule has 1 aromatic heterocycles. The number of piperidine rings is 1. The monoisotopic (exact) mass is 405 g/mol. The second kappa shape index (κ2) is 8.61. The van der Waals surface area contributed by atoms with Crippen LogP contribution in [0.1, 0.15) is 40.2 Å². The highest BCUT2D eigenvalue weighted by molar-refractivity contribution is 5.95. The third kappa shape index (κ3) is 4.17. The minimum absolute atomic E-state index is 0.0149. The van der Waals surface area contributed by atoms with Crippen molar-refractivity contribution in [2.24, 2.45) is 0 Å². The molecule has 3 aromatic rings. The molecule has 0 bridgehead atoms. The van der Waals surface area contributed by atoms with Crippen LogP contribution in [-0.2, 0) is 0 Å². The molecule has 1 amide bonds. The Hall–Kier alpha value is -3.28. The molecular formula is C24H27N3O3. The first kappa shape index (κ1) is 20.0. The van der Waals surface area contributed by atoms with Crippen LogP contribution in [0, 0.1) is 6.92 Å². The number of carbonyl (C=O) groups is 1. The molecule has 0 radical (unpaired) electrons. The van der Waals surface area contributed by atoms with Gasteiger partial charge in [0.25, 0.3) is 5.91 Å². The quantitative estimate of drug-likeness (QED) is 0.638. The first-order valence-corrected chi connectivity index (χ1v) is 10.2. The number of ether oxygens (including phenoxy) is 2. The SMILES string of the molecule is COc1cc(OC)cc(C(=O)N2CCC(c3cnn(-c4cccc(C)c4)c3)CC2)c1. The van der Waals surface area contributed by atoms with Gasteiger partial charge in [-0.25, -0.2) is 4.68 Å². The lowest BCUT2D eigenvalue weighted by atomic mass is 9.91. The zero-order valence-electron chi connectivity index (χ0n) is 17.7. The molecule has 0 saturated carbocycles. The summed E-state index contributed by atoms with van der Waals surface area (Å²) in [4.78, 5) is 14.9. The molecule has 4 rings (SSSR count). The van der Waals surface area contributed by atoms with Crippen LogP contribution >= 0.6 is 0 Å². The van der Waals surface area contributed by atoms with Crippen molar-refractivity contribution in [3.05, 3.63) is 71.5 Å². The lowest BCUT2D eigenvalue weighted by molar-refractivity contribution is 0.0712. The number of hydrogen-bond donors (Lipinski definition) is 0. The van der Waals surface area contributed by atoms with Crippen molar-refractivity contribution in [3.63, 3.8) is 0 Å². The van der Waals surface area contributed by atoms with Gasteiger partial charge in [-0.3, -0.25) is 4.79 Å². The number of nitrogens with zero attached hydrogens (tertiary/aromatic N) is 3. The minimum Gasteiger partial charge on any atom is -0.497 e. The third-order valence-electron chi connectivity index (χ3n) is 5.72. The van der Waals surface area contributed by atoms with E-state index in [4.69, 9.17) is 9.47 Å². The maximum Gasteiger partial charge on any atom is 0.254 e. The molecule has 2 heterocycles. The summed E-state index contributed by atoms with van der Waals surface area (Å²) in [6.45, 7) is 3.52. The molecule has 156 valence electrons. The van der Waals surface area contributed by atoms with E-state index in [1.807, 2.05) is 21.8 Å². The number of carbonyl (C=O) groups excluding carboxylic acids is 1. The molecule has 1 aliphatic rings. The molecule has 30 heavy (non-hydrogen) atoms. The predicted molar refractivity (Wildman–Crippen MR) is 116 cm³/mol. The van der Waals surface area contributed by atoms with Crippen molar-refractivity contribution in [1.29, 1.82) is 0 Å². The molecule has 0 spiro atoms. The van der Waals surface area contributed by atoms with Crippen LogP contribution in [0.25, 0.3) is 5.69 Å². The summed E-state index contributed by atoms with van der Waals surface area (Å²) in [5.74, 6) is 1.67. The molecule has 0 unspecified atom stereocenters. The van der Waals surface area contributed by atoms with Gasteiger partial charge in [0, 0.05) is 30.9 Å². The topological polar surface area (TPSA) is 56.6 Å². The number of hydrogen-bond acceptors (Lipinski definition) is 4. The largest absolute Gasteiger partial charge is 0.497 e. The zero-order valence-corrected chi connectivity index (χ0v) is 17.7. The Balaban J connectivity index is 1.42. The number of likely N-dealkylation sites (tertiary alicyclic amines) is 1. The van der Waals surface area contributed by atoms with Crippen LogP contribution in [0.15, 0.2) is 54.9 Å². The summed E-state index contributed by atoms with van der Waals surface area (Å²) in [5.41, 5.74) is 4.11. The average molecular weight is 405 g/mol. The fourth-order valence-electron chi connectivity index (χ4n) is 3.99. The smallest absolute Gasteiger partial charge is 0.254 e. The van der Waals surface area contributed by atoms with Gasteiger partial charge in [0.2, 0.25) is 0 Å².